The average Bonchev–Trinajstić information content (AvgIpc) is 3.06. The highest BCUT2D eigenvalue weighted by Crippen LogP contribution is 2.22. The molecule has 3 aromatic heterocycles. The molecule has 0 radical (unpaired) electrons. The summed E-state index contributed by atoms with van der Waals surface area (Å²) in [4.78, 5) is 11.8. The van der Waals surface area contributed by atoms with E-state index >= 15 is 0 Å². The Kier molecular flexibility index (Phi) is 3.09. The van der Waals surface area contributed by atoms with Gasteiger partial charge in [-0.3, -0.25) is 0 Å². The van der Waals surface area contributed by atoms with E-state index in [1.807, 2.05) is 6.92 Å². The number of furan rings is 1. The number of rotatable bonds is 3. The Morgan fingerprint density at radius 3 is 2.70 bits per heavy atom. The molecule has 0 saturated heterocycles. The summed E-state index contributed by atoms with van der Waals surface area (Å²) >= 11 is 3.18. The number of nitrogens with zero attached hydrogens (tertiary/aromatic N) is 3. The molecule has 0 unspecified atom stereocenters. The van der Waals surface area contributed by atoms with E-state index in [1.165, 1.54) is 4.68 Å². The molecule has 8 heteroatoms. The van der Waals surface area contributed by atoms with Crippen molar-refractivity contribution in [2.24, 2.45) is 0 Å². The normalized spacial score (nSPS) is 11.2. The minimum absolute atomic E-state index is 0.132. The first-order chi connectivity index (χ1) is 9.54. The number of aryl methyl sites for hydroxylation is 2. The van der Waals surface area contributed by atoms with E-state index in [0.29, 0.717) is 16.2 Å². The smallest absolute Gasteiger partial charge is 0.437 e. The van der Waals surface area contributed by atoms with Gasteiger partial charge in [-0.15, -0.1) is 5.10 Å². The number of hydrogen-bond donors (Lipinski definition) is 0. The quantitative estimate of drug-likeness (QED) is 0.728. The largest absolute Gasteiger partial charge is 0.444 e. The Hall–Kier alpha value is -2.09. The van der Waals surface area contributed by atoms with Gasteiger partial charge in [0.2, 0.25) is 0 Å². The molecule has 0 spiro atoms. The van der Waals surface area contributed by atoms with Crippen molar-refractivity contribution >= 4 is 15.9 Å². The lowest BCUT2D eigenvalue weighted by molar-refractivity contribution is 0.391. The predicted octanol–water partition coefficient (Wildman–Crippen LogP) is 2.51. The van der Waals surface area contributed by atoms with Crippen LogP contribution in [0.1, 0.15) is 17.0 Å². The molecule has 20 heavy (non-hydrogen) atoms. The van der Waals surface area contributed by atoms with Crippen molar-refractivity contribution < 1.29 is 13.4 Å². The van der Waals surface area contributed by atoms with E-state index in [1.54, 1.807) is 19.1 Å². The van der Waals surface area contributed by atoms with Crippen LogP contribution < -0.4 is 5.76 Å². The fourth-order valence-electron chi connectivity index (χ4n) is 1.81. The second-order valence-corrected chi connectivity index (χ2v) is 5.02. The molecular weight excluding hydrogens is 330 g/mol. The second kappa shape index (κ2) is 4.78. The maximum atomic E-state index is 11.8. The number of halogens is 1. The summed E-state index contributed by atoms with van der Waals surface area (Å²) in [6, 6.07) is 3.36. The lowest BCUT2D eigenvalue weighted by Gasteiger charge is -1.96. The van der Waals surface area contributed by atoms with Crippen LogP contribution in [0.4, 0.5) is 0 Å². The predicted molar refractivity (Wildman–Crippen MR) is 71.2 cm³/mol. The molecule has 3 rings (SSSR count). The zero-order valence-electron chi connectivity index (χ0n) is 10.7. The zero-order chi connectivity index (χ0) is 14.3. The maximum absolute atomic E-state index is 11.8. The Morgan fingerprint density at radius 1 is 1.30 bits per heavy atom. The molecule has 0 amide bonds. The topological polar surface area (TPSA) is 87.2 Å². The van der Waals surface area contributed by atoms with Crippen LogP contribution in [-0.4, -0.2) is 14.9 Å². The van der Waals surface area contributed by atoms with E-state index in [9.17, 15) is 4.79 Å². The molecular formula is C12H10BrN3O4. The van der Waals surface area contributed by atoms with Gasteiger partial charge in [0.05, 0.1) is 12.2 Å². The van der Waals surface area contributed by atoms with Gasteiger partial charge in [0.1, 0.15) is 5.76 Å². The van der Waals surface area contributed by atoms with Crippen LogP contribution in [0.3, 0.4) is 0 Å². The van der Waals surface area contributed by atoms with Gasteiger partial charge in [0.25, 0.3) is 5.89 Å². The summed E-state index contributed by atoms with van der Waals surface area (Å²) in [5, 5.41) is 7.94. The third-order valence-corrected chi connectivity index (χ3v) is 3.31. The molecule has 0 aromatic carbocycles. The van der Waals surface area contributed by atoms with Crippen LogP contribution in [-0.2, 0) is 6.54 Å². The van der Waals surface area contributed by atoms with E-state index < -0.39 is 5.76 Å². The van der Waals surface area contributed by atoms with Crippen molar-refractivity contribution in [3.63, 3.8) is 0 Å². The SMILES string of the molecule is Cc1noc(C)c1Cn1nc(-c2ccc(Br)o2)oc1=O. The van der Waals surface area contributed by atoms with Gasteiger partial charge in [-0.05, 0) is 41.9 Å². The molecule has 0 bridgehead atoms. The lowest BCUT2D eigenvalue weighted by Crippen LogP contribution is -2.17. The van der Waals surface area contributed by atoms with Gasteiger partial charge >= 0.3 is 5.76 Å². The summed E-state index contributed by atoms with van der Waals surface area (Å²) in [6.07, 6.45) is 0. The highest BCUT2D eigenvalue weighted by molar-refractivity contribution is 9.10. The average molecular weight is 340 g/mol. The second-order valence-electron chi connectivity index (χ2n) is 4.24. The third-order valence-electron chi connectivity index (χ3n) is 2.88. The minimum atomic E-state index is -0.562. The Labute approximate surface area is 121 Å². The van der Waals surface area contributed by atoms with Gasteiger partial charge < -0.3 is 13.4 Å². The highest BCUT2D eigenvalue weighted by atomic mass is 79.9. The summed E-state index contributed by atoms with van der Waals surface area (Å²) in [5.74, 6) is 0.603. The minimum Gasteiger partial charge on any atom is -0.444 e. The first kappa shape index (κ1) is 12.9. The van der Waals surface area contributed by atoms with E-state index in [2.05, 4.69) is 26.2 Å². The lowest BCUT2D eigenvalue weighted by atomic mass is 10.2. The van der Waals surface area contributed by atoms with Gasteiger partial charge in [-0.1, -0.05) is 5.16 Å². The van der Waals surface area contributed by atoms with Crippen LogP contribution >= 0.6 is 15.9 Å². The third kappa shape index (κ3) is 2.22. The van der Waals surface area contributed by atoms with Crippen LogP contribution in [0.15, 0.2) is 35.0 Å². The van der Waals surface area contributed by atoms with Crippen molar-refractivity contribution in [1.29, 1.82) is 0 Å². The maximum Gasteiger partial charge on any atom is 0.437 e. The Bertz CT molecular complexity index is 791. The van der Waals surface area contributed by atoms with Crippen molar-refractivity contribution in [2.75, 3.05) is 0 Å². The first-order valence-corrected chi connectivity index (χ1v) is 6.59. The summed E-state index contributed by atoms with van der Waals surface area (Å²) in [6.45, 7) is 3.83. The molecule has 3 aromatic rings. The Morgan fingerprint density at radius 2 is 2.10 bits per heavy atom. The van der Waals surface area contributed by atoms with Crippen molar-refractivity contribution in [1.82, 2.24) is 14.9 Å². The molecule has 0 atom stereocenters. The monoisotopic (exact) mass is 339 g/mol. The van der Waals surface area contributed by atoms with Crippen LogP contribution in [0.5, 0.6) is 0 Å². The molecule has 0 N–H and O–H groups in total. The van der Waals surface area contributed by atoms with E-state index in [4.69, 9.17) is 13.4 Å². The zero-order valence-corrected chi connectivity index (χ0v) is 12.3. The summed E-state index contributed by atoms with van der Waals surface area (Å²) in [5.41, 5.74) is 1.53. The van der Waals surface area contributed by atoms with Crippen molar-refractivity contribution in [3.05, 3.63) is 44.4 Å². The fourth-order valence-corrected chi connectivity index (χ4v) is 2.12. The molecule has 0 aliphatic rings. The van der Waals surface area contributed by atoms with Gasteiger partial charge in [-0.25, -0.2) is 4.79 Å². The first-order valence-electron chi connectivity index (χ1n) is 5.80. The molecule has 7 nitrogen and oxygen atoms in total. The molecule has 0 aliphatic carbocycles. The standard InChI is InChI=1S/C12H10BrN3O4/c1-6-8(7(2)20-15-6)5-16-12(17)19-11(14-16)9-3-4-10(13)18-9/h3-4H,5H2,1-2H3. The molecule has 0 aliphatic heterocycles. The van der Waals surface area contributed by atoms with E-state index in [-0.39, 0.29) is 12.4 Å². The van der Waals surface area contributed by atoms with Gasteiger partial charge in [0.15, 0.2) is 10.4 Å². The summed E-state index contributed by atoms with van der Waals surface area (Å²) in [7, 11) is 0. The molecule has 104 valence electrons. The van der Waals surface area contributed by atoms with Gasteiger partial charge in [0, 0.05) is 5.56 Å². The highest BCUT2D eigenvalue weighted by Gasteiger charge is 2.17. The van der Waals surface area contributed by atoms with Crippen LogP contribution in [0.25, 0.3) is 11.7 Å². The van der Waals surface area contributed by atoms with Crippen molar-refractivity contribution in [3.8, 4) is 11.7 Å². The molecule has 0 fully saturated rings. The molecule has 0 saturated carbocycles. The fraction of sp³-hybridized carbons (Fsp3) is 0.250. The van der Waals surface area contributed by atoms with E-state index in [0.717, 1.165) is 11.3 Å². The number of hydrogen-bond acceptors (Lipinski definition) is 6. The molecule has 3 heterocycles. The van der Waals surface area contributed by atoms with Crippen LogP contribution in [0, 0.1) is 13.8 Å². The summed E-state index contributed by atoms with van der Waals surface area (Å²) < 4.78 is 17.2. The van der Waals surface area contributed by atoms with Crippen LogP contribution in [0.2, 0.25) is 0 Å². The van der Waals surface area contributed by atoms with Gasteiger partial charge in [-0.2, -0.15) is 4.68 Å². The number of aromatic nitrogens is 3. The van der Waals surface area contributed by atoms with Crippen molar-refractivity contribution in [2.45, 2.75) is 20.4 Å². The Balaban J connectivity index is 1.96.